The average molecular weight is 363 g/mol. The molecule has 2 aromatic carbocycles. The lowest BCUT2D eigenvalue weighted by atomic mass is 10.2. The lowest BCUT2D eigenvalue weighted by molar-refractivity contribution is 0.0997. The van der Waals surface area contributed by atoms with E-state index in [0.29, 0.717) is 10.4 Å². The standard InChI is InChI=1S/C17H15ClN2OS2/c1-10-13(18)7-8-14-15(10)20(2)17(23-14)19-16(21)11-5-4-6-12(9-11)22-3/h4-9H,1-3H3. The smallest absolute Gasteiger partial charge is 0.279 e. The average Bonchev–Trinajstić information content (AvgIpc) is 2.87. The summed E-state index contributed by atoms with van der Waals surface area (Å²) in [6, 6.07) is 11.4. The molecule has 3 aromatic rings. The molecule has 3 rings (SSSR count). The summed E-state index contributed by atoms with van der Waals surface area (Å²) in [5.41, 5.74) is 2.62. The highest BCUT2D eigenvalue weighted by molar-refractivity contribution is 7.98. The number of hydrogen-bond donors (Lipinski definition) is 0. The number of nitrogens with zero attached hydrogens (tertiary/aromatic N) is 2. The van der Waals surface area contributed by atoms with Crippen LogP contribution in [0.15, 0.2) is 46.3 Å². The van der Waals surface area contributed by atoms with Crippen LogP contribution in [0.5, 0.6) is 0 Å². The molecular formula is C17H15ClN2OS2. The van der Waals surface area contributed by atoms with Crippen LogP contribution in [0.1, 0.15) is 15.9 Å². The van der Waals surface area contributed by atoms with Crippen molar-refractivity contribution in [3.8, 4) is 0 Å². The summed E-state index contributed by atoms with van der Waals surface area (Å²) in [5.74, 6) is -0.230. The maximum atomic E-state index is 12.5. The number of thiazole rings is 1. The van der Waals surface area contributed by atoms with Crippen molar-refractivity contribution in [3.63, 3.8) is 0 Å². The molecule has 0 saturated carbocycles. The van der Waals surface area contributed by atoms with Crippen LogP contribution in [0.3, 0.4) is 0 Å². The van der Waals surface area contributed by atoms with Crippen LogP contribution < -0.4 is 4.80 Å². The first-order valence-corrected chi connectivity index (χ1v) is 9.41. The maximum Gasteiger partial charge on any atom is 0.279 e. The first kappa shape index (κ1) is 16.3. The summed E-state index contributed by atoms with van der Waals surface area (Å²) in [7, 11) is 1.91. The zero-order valence-corrected chi connectivity index (χ0v) is 15.4. The van der Waals surface area contributed by atoms with Crippen LogP contribution >= 0.6 is 34.7 Å². The molecule has 0 fully saturated rings. The molecule has 6 heteroatoms. The van der Waals surface area contributed by atoms with E-state index in [2.05, 4.69) is 4.99 Å². The van der Waals surface area contributed by atoms with Crippen molar-refractivity contribution in [1.29, 1.82) is 0 Å². The van der Waals surface area contributed by atoms with E-state index in [1.807, 2.05) is 55.1 Å². The first-order valence-electron chi connectivity index (χ1n) is 6.99. The number of carbonyl (C=O) groups excluding carboxylic acids is 1. The van der Waals surface area contributed by atoms with Crippen molar-refractivity contribution in [2.75, 3.05) is 6.26 Å². The van der Waals surface area contributed by atoms with Crippen molar-refractivity contribution in [2.24, 2.45) is 12.0 Å². The second-order valence-electron chi connectivity index (χ2n) is 5.11. The van der Waals surface area contributed by atoms with E-state index in [9.17, 15) is 4.79 Å². The van der Waals surface area contributed by atoms with Crippen LogP contribution in [0.2, 0.25) is 5.02 Å². The third-order valence-electron chi connectivity index (χ3n) is 3.67. The Bertz CT molecular complexity index is 972. The Kier molecular flexibility index (Phi) is 4.62. The Balaban J connectivity index is 2.12. The van der Waals surface area contributed by atoms with Gasteiger partial charge in [-0.05, 0) is 49.1 Å². The molecule has 0 unspecified atom stereocenters. The number of carbonyl (C=O) groups is 1. The van der Waals surface area contributed by atoms with Crippen molar-refractivity contribution < 1.29 is 4.79 Å². The minimum atomic E-state index is -0.230. The zero-order valence-electron chi connectivity index (χ0n) is 13.0. The third kappa shape index (κ3) is 3.09. The Morgan fingerprint density at radius 1 is 1.30 bits per heavy atom. The Morgan fingerprint density at radius 2 is 2.09 bits per heavy atom. The largest absolute Gasteiger partial charge is 0.319 e. The molecule has 118 valence electrons. The van der Waals surface area contributed by atoms with Gasteiger partial charge in [-0.25, -0.2) is 0 Å². The summed E-state index contributed by atoms with van der Waals surface area (Å²) >= 11 is 9.29. The number of aryl methyl sites for hydroxylation is 2. The summed E-state index contributed by atoms with van der Waals surface area (Å²) in [6.07, 6.45) is 1.99. The minimum absolute atomic E-state index is 0.230. The number of rotatable bonds is 2. The van der Waals surface area contributed by atoms with Gasteiger partial charge in [0.05, 0.1) is 10.2 Å². The fourth-order valence-corrected chi connectivity index (χ4v) is 4.11. The van der Waals surface area contributed by atoms with Crippen molar-refractivity contribution in [2.45, 2.75) is 11.8 Å². The van der Waals surface area contributed by atoms with Crippen molar-refractivity contribution in [3.05, 3.63) is 57.3 Å². The molecule has 1 aromatic heterocycles. The van der Waals surface area contributed by atoms with E-state index >= 15 is 0 Å². The number of thioether (sulfide) groups is 1. The topological polar surface area (TPSA) is 34.4 Å². The molecule has 0 N–H and O–H groups in total. The summed E-state index contributed by atoms with van der Waals surface area (Å²) in [4.78, 5) is 18.5. The molecule has 23 heavy (non-hydrogen) atoms. The van der Waals surface area contributed by atoms with E-state index < -0.39 is 0 Å². The SMILES string of the molecule is CSc1cccc(C(=O)N=c2sc3ccc(Cl)c(C)c3n2C)c1. The van der Waals surface area contributed by atoms with Gasteiger partial charge in [-0.3, -0.25) is 4.79 Å². The molecule has 3 nitrogen and oxygen atoms in total. The van der Waals surface area contributed by atoms with Gasteiger partial charge in [0.25, 0.3) is 5.91 Å². The molecule has 0 spiro atoms. The van der Waals surface area contributed by atoms with Gasteiger partial charge in [0.15, 0.2) is 4.80 Å². The second kappa shape index (κ2) is 6.51. The summed E-state index contributed by atoms with van der Waals surface area (Å²) in [6.45, 7) is 1.98. The molecule has 0 saturated heterocycles. The lowest BCUT2D eigenvalue weighted by Gasteiger charge is -2.02. The molecule has 0 aliphatic rings. The minimum Gasteiger partial charge on any atom is -0.319 e. The van der Waals surface area contributed by atoms with Crippen LogP contribution in [0.25, 0.3) is 10.2 Å². The number of hydrogen-bond acceptors (Lipinski definition) is 3. The van der Waals surface area contributed by atoms with Crippen LogP contribution in [0, 0.1) is 6.92 Å². The molecular weight excluding hydrogens is 348 g/mol. The molecule has 1 heterocycles. The number of halogens is 1. The Morgan fingerprint density at radius 3 is 2.83 bits per heavy atom. The van der Waals surface area contributed by atoms with Gasteiger partial charge in [0, 0.05) is 22.5 Å². The van der Waals surface area contributed by atoms with Gasteiger partial charge >= 0.3 is 0 Å². The van der Waals surface area contributed by atoms with Gasteiger partial charge in [-0.1, -0.05) is 29.0 Å². The van der Waals surface area contributed by atoms with Crippen molar-refractivity contribution >= 4 is 50.8 Å². The van der Waals surface area contributed by atoms with Crippen molar-refractivity contribution in [1.82, 2.24) is 4.57 Å². The fraction of sp³-hybridized carbons (Fsp3) is 0.176. The molecule has 0 radical (unpaired) electrons. The number of benzene rings is 2. The number of amides is 1. The highest BCUT2D eigenvalue weighted by atomic mass is 35.5. The third-order valence-corrected chi connectivity index (χ3v) is 5.90. The molecule has 0 aliphatic carbocycles. The van der Waals surface area contributed by atoms with E-state index in [-0.39, 0.29) is 5.91 Å². The number of fused-ring (bicyclic) bond motifs is 1. The van der Waals surface area contributed by atoms with Crippen LogP contribution in [-0.2, 0) is 7.05 Å². The summed E-state index contributed by atoms with van der Waals surface area (Å²) < 4.78 is 3.00. The predicted octanol–water partition coefficient (Wildman–Crippen LogP) is 4.66. The fourth-order valence-electron chi connectivity index (χ4n) is 2.42. The molecule has 0 atom stereocenters. The highest BCUT2D eigenvalue weighted by Gasteiger charge is 2.10. The maximum absolute atomic E-state index is 12.5. The van der Waals surface area contributed by atoms with E-state index in [1.165, 1.54) is 11.3 Å². The van der Waals surface area contributed by atoms with Crippen LogP contribution in [0.4, 0.5) is 0 Å². The normalized spacial score (nSPS) is 12.1. The van der Waals surface area contributed by atoms with E-state index in [1.54, 1.807) is 17.8 Å². The molecule has 0 bridgehead atoms. The van der Waals surface area contributed by atoms with Crippen LogP contribution in [-0.4, -0.2) is 16.7 Å². The van der Waals surface area contributed by atoms with E-state index in [4.69, 9.17) is 11.6 Å². The van der Waals surface area contributed by atoms with Gasteiger partial charge in [0.1, 0.15) is 0 Å². The Hall–Kier alpha value is -1.56. The van der Waals surface area contributed by atoms with Gasteiger partial charge in [0.2, 0.25) is 0 Å². The highest BCUT2D eigenvalue weighted by Crippen LogP contribution is 2.26. The van der Waals surface area contributed by atoms with E-state index in [0.717, 1.165) is 25.7 Å². The van der Waals surface area contributed by atoms with Gasteiger partial charge in [-0.2, -0.15) is 4.99 Å². The lowest BCUT2D eigenvalue weighted by Crippen LogP contribution is -2.13. The first-order chi connectivity index (χ1) is 11.0. The second-order valence-corrected chi connectivity index (χ2v) is 7.41. The predicted molar refractivity (Wildman–Crippen MR) is 98.7 cm³/mol. The molecule has 1 amide bonds. The van der Waals surface area contributed by atoms with Gasteiger partial charge < -0.3 is 4.57 Å². The Labute approximate surface area is 147 Å². The molecule has 0 aliphatic heterocycles. The van der Waals surface area contributed by atoms with Gasteiger partial charge in [-0.15, -0.1) is 11.8 Å². The number of aromatic nitrogens is 1. The zero-order chi connectivity index (χ0) is 16.6. The quantitative estimate of drug-likeness (QED) is 0.621. The monoisotopic (exact) mass is 362 g/mol. The summed E-state index contributed by atoms with van der Waals surface area (Å²) in [5, 5.41) is 0.719.